The van der Waals surface area contributed by atoms with E-state index in [0.717, 1.165) is 43.7 Å². The van der Waals surface area contributed by atoms with Gasteiger partial charge in [-0.05, 0) is 66.9 Å². The molecule has 0 unspecified atom stereocenters. The Hall–Kier alpha value is -2.66. The third-order valence-electron chi connectivity index (χ3n) is 7.63. The van der Waals surface area contributed by atoms with Crippen molar-refractivity contribution >= 4 is 17.6 Å². The molecule has 0 bridgehead atoms. The Morgan fingerprint density at radius 1 is 1.00 bits per heavy atom. The van der Waals surface area contributed by atoms with Crippen molar-refractivity contribution < 1.29 is 14.3 Å². The predicted octanol–water partition coefficient (Wildman–Crippen LogP) is 3.49. The van der Waals surface area contributed by atoms with Crippen molar-refractivity contribution in [3.63, 3.8) is 0 Å². The first-order valence-corrected chi connectivity index (χ1v) is 11.4. The number of rotatable bonds is 4. The number of carbonyl (C=O) groups excluding carboxylic acids is 2. The molecule has 1 amide bonds. The van der Waals surface area contributed by atoms with Crippen LogP contribution < -0.4 is 4.90 Å². The summed E-state index contributed by atoms with van der Waals surface area (Å²) in [6.07, 6.45) is 5.72. The molecule has 0 radical (unpaired) electrons. The van der Waals surface area contributed by atoms with E-state index in [9.17, 15) is 9.59 Å². The highest BCUT2D eigenvalue weighted by Gasteiger charge is 2.42. The van der Waals surface area contributed by atoms with Crippen molar-refractivity contribution in [2.75, 3.05) is 31.6 Å². The molecule has 2 heterocycles. The Balaban J connectivity index is 1.22. The molecule has 2 aromatic rings. The highest BCUT2D eigenvalue weighted by molar-refractivity contribution is 6.02. The third-order valence-corrected chi connectivity index (χ3v) is 7.63. The van der Waals surface area contributed by atoms with Gasteiger partial charge < -0.3 is 9.64 Å². The fraction of sp³-hybridized carbons (Fsp3) is 0.462. The predicted molar refractivity (Wildman–Crippen MR) is 120 cm³/mol. The normalized spacial score (nSPS) is 21.7. The minimum absolute atomic E-state index is 0.00634. The van der Waals surface area contributed by atoms with Crippen LogP contribution in [0.3, 0.4) is 0 Å². The molecule has 2 aromatic carbocycles. The van der Waals surface area contributed by atoms with Crippen LogP contribution in [0.4, 0.5) is 5.69 Å². The molecule has 162 valence electrons. The van der Waals surface area contributed by atoms with Crippen molar-refractivity contribution in [1.82, 2.24) is 4.90 Å². The second kappa shape index (κ2) is 8.12. The van der Waals surface area contributed by atoms with Gasteiger partial charge in [-0.1, -0.05) is 42.5 Å². The smallest absolute Gasteiger partial charge is 0.329 e. The van der Waals surface area contributed by atoms with Crippen LogP contribution in [-0.4, -0.2) is 49.6 Å². The second-order valence-electron chi connectivity index (χ2n) is 9.16. The molecule has 5 rings (SSSR count). The number of esters is 1. The topological polar surface area (TPSA) is 49.9 Å². The number of anilines is 1. The lowest BCUT2D eigenvalue weighted by Crippen LogP contribution is -2.46. The molecule has 3 aliphatic rings. The number of para-hydroxylation sites is 1. The zero-order valence-corrected chi connectivity index (χ0v) is 18.2. The molecule has 5 heteroatoms. The number of piperidine rings is 1. The number of likely N-dealkylation sites (tertiary alicyclic amines) is 1. The van der Waals surface area contributed by atoms with Crippen molar-refractivity contribution in [2.45, 2.75) is 50.0 Å². The fourth-order valence-corrected chi connectivity index (χ4v) is 5.88. The number of carbonyl (C=O) groups is 2. The van der Waals surface area contributed by atoms with Gasteiger partial charge in [0.2, 0.25) is 5.91 Å². The molecule has 0 saturated carbocycles. The van der Waals surface area contributed by atoms with Gasteiger partial charge in [0.1, 0.15) is 6.04 Å². The molecule has 1 fully saturated rings. The number of fused-ring (bicyclic) bond motifs is 3. The van der Waals surface area contributed by atoms with Gasteiger partial charge in [-0.25, -0.2) is 4.79 Å². The lowest BCUT2D eigenvalue weighted by atomic mass is 9.74. The maximum absolute atomic E-state index is 13.2. The van der Waals surface area contributed by atoms with E-state index in [1.165, 1.54) is 25.5 Å². The van der Waals surface area contributed by atoms with E-state index in [1.54, 1.807) is 10.5 Å². The minimum atomic E-state index is -0.547. The van der Waals surface area contributed by atoms with Crippen LogP contribution in [0.5, 0.6) is 0 Å². The van der Waals surface area contributed by atoms with E-state index in [0.29, 0.717) is 18.3 Å². The van der Waals surface area contributed by atoms with Crippen molar-refractivity contribution in [2.24, 2.45) is 0 Å². The summed E-state index contributed by atoms with van der Waals surface area (Å²) in [5.74, 6) is -0.337. The van der Waals surface area contributed by atoms with Crippen molar-refractivity contribution in [1.29, 1.82) is 0 Å². The quantitative estimate of drug-likeness (QED) is 0.714. The molecule has 0 N–H and O–H groups in total. The first kappa shape index (κ1) is 20.3. The van der Waals surface area contributed by atoms with Crippen molar-refractivity contribution in [3.05, 3.63) is 65.2 Å². The van der Waals surface area contributed by atoms with E-state index >= 15 is 0 Å². The molecule has 5 nitrogen and oxygen atoms in total. The highest BCUT2D eigenvalue weighted by atomic mass is 16.5. The number of methoxy groups -OCH3 is 1. The Kier molecular flexibility index (Phi) is 5.30. The lowest BCUT2D eigenvalue weighted by Gasteiger charge is -2.40. The van der Waals surface area contributed by atoms with E-state index in [-0.39, 0.29) is 11.9 Å². The summed E-state index contributed by atoms with van der Waals surface area (Å²) >= 11 is 0. The van der Waals surface area contributed by atoms with Gasteiger partial charge in [-0.3, -0.25) is 9.69 Å². The number of nitrogens with zero attached hydrogens (tertiary/aromatic N) is 2. The molecule has 31 heavy (non-hydrogen) atoms. The fourth-order valence-electron chi connectivity index (χ4n) is 5.88. The van der Waals surface area contributed by atoms with Gasteiger partial charge in [-0.2, -0.15) is 0 Å². The summed E-state index contributed by atoms with van der Waals surface area (Å²) < 4.78 is 4.98. The molecule has 1 aliphatic carbocycles. The van der Waals surface area contributed by atoms with Crippen LogP contribution in [-0.2, 0) is 32.6 Å². The van der Waals surface area contributed by atoms with Gasteiger partial charge in [0, 0.05) is 25.1 Å². The molecule has 1 spiro atoms. The van der Waals surface area contributed by atoms with E-state index in [4.69, 9.17) is 4.74 Å². The second-order valence-corrected chi connectivity index (χ2v) is 9.16. The van der Waals surface area contributed by atoms with Gasteiger partial charge in [0.15, 0.2) is 0 Å². The Morgan fingerprint density at radius 2 is 1.71 bits per heavy atom. The number of ether oxygens (including phenoxy) is 1. The van der Waals surface area contributed by atoms with Crippen LogP contribution in [0.25, 0.3) is 0 Å². The minimum Gasteiger partial charge on any atom is -0.467 e. The molecule has 0 aromatic heterocycles. The van der Waals surface area contributed by atoms with E-state index in [2.05, 4.69) is 29.2 Å². The number of amides is 1. The summed E-state index contributed by atoms with van der Waals surface area (Å²) in [6.45, 7) is 2.79. The SMILES string of the molecule is COC(=O)[C@@H]1Cc2ccccc2N1C(=O)CCN1CCC2(CCc3ccccc32)CC1. The average molecular weight is 419 g/mol. The first-order valence-electron chi connectivity index (χ1n) is 11.4. The first-order chi connectivity index (χ1) is 15.1. The number of aryl methyl sites for hydroxylation is 1. The summed E-state index contributed by atoms with van der Waals surface area (Å²) in [7, 11) is 1.39. The monoisotopic (exact) mass is 418 g/mol. The Morgan fingerprint density at radius 3 is 2.48 bits per heavy atom. The zero-order chi connectivity index (χ0) is 21.4. The van der Waals surface area contributed by atoms with Crippen LogP contribution >= 0.6 is 0 Å². The zero-order valence-electron chi connectivity index (χ0n) is 18.2. The van der Waals surface area contributed by atoms with Crippen LogP contribution in [0, 0.1) is 0 Å². The maximum atomic E-state index is 13.2. The van der Waals surface area contributed by atoms with Gasteiger partial charge >= 0.3 is 5.97 Å². The standard InChI is InChI=1S/C26H30N2O3/c1-31-25(30)23-18-20-7-3-5-9-22(20)28(23)24(29)11-15-27-16-13-26(14-17-27)12-10-19-6-2-4-8-21(19)26/h2-9,23H,10-18H2,1H3/t23-/m0/s1. The third kappa shape index (κ3) is 3.55. The average Bonchev–Trinajstić information content (AvgIpc) is 3.37. The maximum Gasteiger partial charge on any atom is 0.329 e. The molecular formula is C26H30N2O3. The molecule has 1 saturated heterocycles. The summed E-state index contributed by atoms with van der Waals surface area (Å²) in [6, 6.07) is 16.2. The van der Waals surface area contributed by atoms with E-state index in [1.807, 2.05) is 24.3 Å². The van der Waals surface area contributed by atoms with Gasteiger partial charge in [0.05, 0.1) is 7.11 Å². The highest BCUT2D eigenvalue weighted by Crippen LogP contribution is 2.46. The lowest BCUT2D eigenvalue weighted by molar-refractivity contribution is -0.143. The number of benzene rings is 2. The molecule has 1 atom stereocenters. The van der Waals surface area contributed by atoms with Crippen LogP contribution in [0.2, 0.25) is 0 Å². The van der Waals surface area contributed by atoms with Gasteiger partial charge in [-0.15, -0.1) is 0 Å². The Bertz CT molecular complexity index is 994. The van der Waals surface area contributed by atoms with Gasteiger partial charge in [0.25, 0.3) is 0 Å². The summed E-state index contributed by atoms with van der Waals surface area (Å²) in [5.41, 5.74) is 5.29. The number of hydrogen-bond donors (Lipinski definition) is 0. The van der Waals surface area contributed by atoms with Crippen molar-refractivity contribution in [3.8, 4) is 0 Å². The molecule has 2 aliphatic heterocycles. The van der Waals surface area contributed by atoms with Crippen LogP contribution in [0.15, 0.2) is 48.5 Å². The Labute approximate surface area is 184 Å². The summed E-state index contributed by atoms with van der Waals surface area (Å²) in [4.78, 5) is 29.6. The van der Waals surface area contributed by atoms with Crippen LogP contribution in [0.1, 0.15) is 42.4 Å². The largest absolute Gasteiger partial charge is 0.467 e. The molecular weight excluding hydrogens is 388 g/mol. The van der Waals surface area contributed by atoms with E-state index < -0.39 is 6.04 Å². The summed E-state index contributed by atoms with van der Waals surface area (Å²) in [5, 5.41) is 0. The number of hydrogen-bond acceptors (Lipinski definition) is 4.